The molecule has 0 heterocycles. The van der Waals surface area contributed by atoms with Gasteiger partial charge in [0.05, 0.1) is 5.69 Å². The number of halogens is 3. The van der Waals surface area contributed by atoms with Gasteiger partial charge >= 0.3 is 5.97 Å². The SMILES string of the molecule is O=C(COC(=O)c1ccccc1OCc1ccccc1)Nc1ccc(F)c(F)c1F. The Morgan fingerprint density at radius 3 is 2.30 bits per heavy atom. The lowest BCUT2D eigenvalue weighted by molar-refractivity contribution is -0.119. The van der Waals surface area contributed by atoms with Crippen LogP contribution in [0.3, 0.4) is 0 Å². The highest BCUT2D eigenvalue weighted by atomic mass is 19.2. The van der Waals surface area contributed by atoms with Gasteiger partial charge in [-0.05, 0) is 29.8 Å². The number of benzene rings is 3. The van der Waals surface area contributed by atoms with Gasteiger partial charge in [-0.15, -0.1) is 0 Å². The first-order valence-corrected chi connectivity index (χ1v) is 8.82. The summed E-state index contributed by atoms with van der Waals surface area (Å²) in [4.78, 5) is 24.2. The number of ether oxygens (including phenoxy) is 2. The van der Waals surface area contributed by atoms with Gasteiger partial charge in [0.2, 0.25) is 0 Å². The zero-order chi connectivity index (χ0) is 21.5. The van der Waals surface area contributed by atoms with Gasteiger partial charge in [0.15, 0.2) is 24.1 Å². The first-order valence-electron chi connectivity index (χ1n) is 8.82. The lowest BCUT2D eigenvalue weighted by Crippen LogP contribution is -2.22. The number of carbonyl (C=O) groups excluding carboxylic acids is 2. The van der Waals surface area contributed by atoms with E-state index in [1.54, 1.807) is 18.2 Å². The first kappa shape index (κ1) is 20.9. The van der Waals surface area contributed by atoms with Crippen LogP contribution in [-0.2, 0) is 16.1 Å². The van der Waals surface area contributed by atoms with E-state index in [1.165, 1.54) is 6.07 Å². The minimum absolute atomic E-state index is 0.0974. The van der Waals surface area contributed by atoms with Crippen molar-refractivity contribution in [1.82, 2.24) is 0 Å². The fourth-order valence-corrected chi connectivity index (χ4v) is 2.51. The third kappa shape index (κ3) is 5.16. The summed E-state index contributed by atoms with van der Waals surface area (Å²) < 4.78 is 50.4. The zero-order valence-electron chi connectivity index (χ0n) is 15.5. The third-order valence-electron chi connectivity index (χ3n) is 3.99. The third-order valence-corrected chi connectivity index (χ3v) is 3.99. The Labute approximate surface area is 170 Å². The van der Waals surface area contributed by atoms with Crippen LogP contribution < -0.4 is 10.1 Å². The summed E-state index contributed by atoms with van der Waals surface area (Å²) in [6, 6.07) is 17.2. The molecule has 3 aromatic carbocycles. The Morgan fingerprint density at radius 2 is 1.53 bits per heavy atom. The number of esters is 1. The van der Waals surface area contributed by atoms with Gasteiger partial charge in [-0.1, -0.05) is 42.5 Å². The number of hydrogen-bond acceptors (Lipinski definition) is 4. The second-order valence-corrected chi connectivity index (χ2v) is 6.12. The summed E-state index contributed by atoms with van der Waals surface area (Å²) in [6.45, 7) is -0.536. The van der Waals surface area contributed by atoms with Crippen molar-refractivity contribution in [3.8, 4) is 5.75 Å². The van der Waals surface area contributed by atoms with E-state index in [9.17, 15) is 22.8 Å². The highest BCUT2D eigenvalue weighted by Gasteiger charge is 2.18. The van der Waals surface area contributed by atoms with Gasteiger partial charge in [-0.25, -0.2) is 18.0 Å². The van der Waals surface area contributed by atoms with Gasteiger partial charge in [-0.2, -0.15) is 0 Å². The molecular formula is C22H16F3NO4. The Kier molecular flexibility index (Phi) is 6.69. The molecule has 0 saturated heterocycles. The largest absolute Gasteiger partial charge is 0.488 e. The summed E-state index contributed by atoms with van der Waals surface area (Å²) in [5, 5.41) is 2.02. The molecule has 0 unspecified atom stereocenters. The quantitative estimate of drug-likeness (QED) is 0.457. The molecule has 0 atom stereocenters. The van der Waals surface area contributed by atoms with Crippen LogP contribution in [0, 0.1) is 17.5 Å². The average Bonchev–Trinajstić information content (AvgIpc) is 2.77. The molecule has 0 bridgehead atoms. The maximum absolute atomic E-state index is 13.6. The molecule has 0 fully saturated rings. The van der Waals surface area contributed by atoms with E-state index in [0.29, 0.717) is 6.07 Å². The van der Waals surface area contributed by atoms with Crippen molar-refractivity contribution in [3.63, 3.8) is 0 Å². The first-order chi connectivity index (χ1) is 14.5. The number of carbonyl (C=O) groups is 2. The lowest BCUT2D eigenvalue weighted by atomic mass is 10.2. The summed E-state index contributed by atoms with van der Waals surface area (Å²) in [6.07, 6.45) is 0. The molecule has 30 heavy (non-hydrogen) atoms. The number of nitrogens with one attached hydrogen (secondary N) is 1. The van der Waals surface area contributed by atoms with Crippen LogP contribution in [-0.4, -0.2) is 18.5 Å². The molecule has 0 aliphatic rings. The Balaban J connectivity index is 1.60. The van der Waals surface area contributed by atoms with Crippen molar-refractivity contribution >= 4 is 17.6 Å². The number of amides is 1. The van der Waals surface area contributed by atoms with Crippen LogP contribution in [0.1, 0.15) is 15.9 Å². The zero-order valence-corrected chi connectivity index (χ0v) is 15.5. The minimum atomic E-state index is -1.71. The number of anilines is 1. The van der Waals surface area contributed by atoms with E-state index in [2.05, 4.69) is 0 Å². The molecule has 0 aliphatic carbocycles. The number of rotatable bonds is 7. The van der Waals surface area contributed by atoms with Crippen molar-refractivity contribution in [2.24, 2.45) is 0 Å². The van der Waals surface area contributed by atoms with Gasteiger partial charge in [0.1, 0.15) is 17.9 Å². The normalized spacial score (nSPS) is 10.4. The topological polar surface area (TPSA) is 64.6 Å². The second kappa shape index (κ2) is 9.60. The molecule has 0 aromatic heterocycles. The Morgan fingerprint density at radius 1 is 0.833 bits per heavy atom. The minimum Gasteiger partial charge on any atom is -0.488 e. The van der Waals surface area contributed by atoms with Crippen molar-refractivity contribution < 1.29 is 32.2 Å². The van der Waals surface area contributed by atoms with E-state index in [4.69, 9.17) is 9.47 Å². The number of hydrogen-bond donors (Lipinski definition) is 1. The second-order valence-electron chi connectivity index (χ2n) is 6.12. The monoisotopic (exact) mass is 415 g/mol. The van der Waals surface area contributed by atoms with Crippen molar-refractivity contribution in [1.29, 1.82) is 0 Å². The molecule has 0 saturated carbocycles. The molecule has 8 heteroatoms. The van der Waals surface area contributed by atoms with Crippen LogP contribution in [0.5, 0.6) is 5.75 Å². The highest BCUT2D eigenvalue weighted by molar-refractivity contribution is 5.96. The van der Waals surface area contributed by atoms with Crippen molar-refractivity contribution in [2.75, 3.05) is 11.9 Å². The molecular weight excluding hydrogens is 399 g/mol. The fraction of sp³-hybridized carbons (Fsp3) is 0.0909. The van der Waals surface area contributed by atoms with E-state index in [1.807, 2.05) is 35.6 Å². The van der Waals surface area contributed by atoms with Crippen molar-refractivity contribution in [2.45, 2.75) is 6.61 Å². The molecule has 5 nitrogen and oxygen atoms in total. The molecule has 154 valence electrons. The van der Waals surface area contributed by atoms with Crippen LogP contribution in [0.25, 0.3) is 0 Å². The van der Waals surface area contributed by atoms with E-state index >= 15 is 0 Å². The van der Waals surface area contributed by atoms with Crippen LogP contribution >= 0.6 is 0 Å². The summed E-state index contributed by atoms with van der Waals surface area (Å²) in [5.74, 6) is -6.14. The van der Waals surface area contributed by atoms with Gasteiger partial charge in [0.25, 0.3) is 5.91 Å². The molecule has 3 rings (SSSR count). The summed E-state index contributed by atoms with van der Waals surface area (Å²) in [7, 11) is 0. The van der Waals surface area contributed by atoms with Crippen LogP contribution in [0.2, 0.25) is 0 Å². The maximum Gasteiger partial charge on any atom is 0.342 e. The summed E-state index contributed by atoms with van der Waals surface area (Å²) in [5.41, 5.74) is 0.426. The van der Waals surface area contributed by atoms with Gasteiger partial charge in [0, 0.05) is 0 Å². The van der Waals surface area contributed by atoms with E-state index < -0.39 is 41.6 Å². The lowest BCUT2D eigenvalue weighted by Gasteiger charge is -2.12. The van der Waals surface area contributed by atoms with Gasteiger partial charge < -0.3 is 14.8 Å². The highest BCUT2D eigenvalue weighted by Crippen LogP contribution is 2.21. The predicted octanol–water partition coefficient (Wildman–Crippen LogP) is 4.48. The molecule has 0 spiro atoms. The van der Waals surface area contributed by atoms with Gasteiger partial charge in [-0.3, -0.25) is 4.79 Å². The van der Waals surface area contributed by atoms with E-state index in [0.717, 1.165) is 11.6 Å². The van der Waals surface area contributed by atoms with Crippen LogP contribution in [0.4, 0.5) is 18.9 Å². The van der Waals surface area contributed by atoms with E-state index in [-0.39, 0.29) is 17.9 Å². The summed E-state index contributed by atoms with van der Waals surface area (Å²) >= 11 is 0. The van der Waals surface area contributed by atoms with Crippen LogP contribution in [0.15, 0.2) is 66.7 Å². The smallest absolute Gasteiger partial charge is 0.342 e. The van der Waals surface area contributed by atoms with Crippen molar-refractivity contribution in [3.05, 3.63) is 95.3 Å². The predicted molar refractivity (Wildman–Crippen MR) is 102 cm³/mol. The molecule has 1 N–H and O–H groups in total. The molecule has 3 aromatic rings. The average molecular weight is 415 g/mol. The Hall–Kier alpha value is -3.81. The molecule has 0 radical (unpaired) electrons. The standard InChI is InChI=1S/C22H16F3NO4/c23-16-10-11-17(21(25)20(16)24)26-19(27)13-30-22(28)15-8-4-5-9-18(15)29-12-14-6-2-1-3-7-14/h1-11H,12-13H2,(H,26,27). The maximum atomic E-state index is 13.6. The molecule has 0 aliphatic heterocycles. The number of para-hydroxylation sites is 1. The fourth-order valence-electron chi connectivity index (χ4n) is 2.51. The Bertz CT molecular complexity index is 1060. The molecule has 1 amide bonds.